The van der Waals surface area contributed by atoms with Gasteiger partial charge in [-0.1, -0.05) is 13.8 Å². The summed E-state index contributed by atoms with van der Waals surface area (Å²) in [4.78, 5) is 2.72. The van der Waals surface area contributed by atoms with Gasteiger partial charge in [-0.3, -0.25) is 4.90 Å². The standard InChI is InChI=1S/C17H32N2/c1-12-10-13(2)14(3)19(11-12)9-8-18-17(15-4-5-15)16-6-7-16/h12-18H,4-11H2,1-3H3. The van der Waals surface area contributed by atoms with Crippen LogP contribution in [0.5, 0.6) is 0 Å². The first-order chi connectivity index (χ1) is 9.15. The molecule has 0 spiro atoms. The predicted octanol–water partition coefficient (Wildman–Crippen LogP) is 3.13. The highest BCUT2D eigenvalue weighted by Crippen LogP contribution is 2.44. The summed E-state index contributed by atoms with van der Waals surface area (Å²) >= 11 is 0. The maximum atomic E-state index is 3.90. The summed E-state index contributed by atoms with van der Waals surface area (Å²) in [6.45, 7) is 11.0. The van der Waals surface area contributed by atoms with E-state index in [0.29, 0.717) is 0 Å². The molecule has 0 aromatic rings. The molecule has 2 aliphatic carbocycles. The Morgan fingerprint density at radius 3 is 2.26 bits per heavy atom. The van der Waals surface area contributed by atoms with Crippen molar-refractivity contribution < 1.29 is 0 Å². The molecule has 2 heteroatoms. The van der Waals surface area contributed by atoms with Crippen LogP contribution in [0, 0.1) is 23.7 Å². The molecular weight excluding hydrogens is 232 g/mol. The average molecular weight is 264 g/mol. The van der Waals surface area contributed by atoms with Crippen molar-refractivity contribution in [2.45, 2.75) is 65.0 Å². The lowest BCUT2D eigenvalue weighted by Gasteiger charge is -2.41. The molecule has 2 saturated carbocycles. The van der Waals surface area contributed by atoms with E-state index in [4.69, 9.17) is 0 Å². The molecule has 1 heterocycles. The van der Waals surface area contributed by atoms with Crippen molar-refractivity contribution in [3.63, 3.8) is 0 Å². The second-order valence-electron chi connectivity index (χ2n) is 7.71. The molecule has 19 heavy (non-hydrogen) atoms. The molecule has 2 nitrogen and oxygen atoms in total. The van der Waals surface area contributed by atoms with Crippen LogP contribution in [0.3, 0.4) is 0 Å². The Hall–Kier alpha value is -0.0800. The van der Waals surface area contributed by atoms with Gasteiger partial charge >= 0.3 is 0 Å². The lowest BCUT2D eigenvalue weighted by atomic mass is 9.86. The van der Waals surface area contributed by atoms with Gasteiger partial charge in [-0.15, -0.1) is 0 Å². The minimum atomic E-state index is 0.776. The first kappa shape index (κ1) is 13.9. The predicted molar refractivity (Wildman–Crippen MR) is 81.2 cm³/mol. The minimum Gasteiger partial charge on any atom is -0.312 e. The smallest absolute Gasteiger partial charge is 0.0124 e. The zero-order valence-corrected chi connectivity index (χ0v) is 13.1. The highest BCUT2D eigenvalue weighted by molar-refractivity contribution is 4.96. The van der Waals surface area contributed by atoms with Crippen molar-refractivity contribution in [2.24, 2.45) is 23.7 Å². The topological polar surface area (TPSA) is 15.3 Å². The maximum absolute atomic E-state index is 3.90. The van der Waals surface area contributed by atoms with Gasteiger partial charge < -0.3 is 5.32 Å². The van der Waals surface area contributed by atoms with E-state index in [0.717, 1.165) is 35.8 Å². The Morgan fingerprint density at radius 2 is 1.68 bits per heavy atom. The quantitative estimate of drug-likeness (QED) is 0.793. The Kier molecular flexibility index (Phi) is 4.19. The van der Waals surface area contributed by atoms with E-state index in [2.05, 4.69) is 31.0 Å². The third-order valence-electron chi connectivity index (χ3n) is 5.76. The van der Waals surface area contributed by atoms with Crippen LogP contribution in [-0.2, 0) is 0 Å². The van der Waals surface area contributed by atoms with Crippen molar-refractivity contribution in [2.75, 3.05) is 19.6 Å². The van der Waals surface area contributed by atoms with Crippen molar-refractivity contribution in [3.05, 3.63) is 0 Å². The Bertz CT molecular complexity index is 284. The van der Waals surface area contributed by atoms with Gasteiger partial charge in [0.05, 0.1) is 0 Å². The molecule has 3 rings (SSSR count). The summed E-state index contributed by atoms with van der Waals surface area (Å²) in [7, 11) is 0. The van der Waals surface area contributed by atoms with E-state index in [1.165, 1.54) is 51.7 Å². The second kappa shape index (κ2) is 5.73. The van der Waals surface area contributed by atoms with Gasteiger partial charge in [-0.25, -0.2) is 0 Å². The SMILES string of the molecule is CC1CC(C)C(C)N(CCNC(C2CC2)C2CC2)C1. The number of likely N-dealkylation sites (tertiary alicyclic amines) is 1. The van der Waals surface area contributed by atoms with E-state index in [9.17, 15) is 0 Å². The van der Waals surface area contributed by atoms with Crippen LogP contribution in [0.25, 0.3) is 0 Å². The number of nitrogens with zero attached hydrogens (tertiary/aromatic N) is 1. The third kappa shape index (κ3) is 3.52. The minimum absolute atomic E-state index is 0.776. The summed E-state index contributed by atoms with van der Waals surface area (Å²) < 4.78 is 0. The first-order valence-electron chi connectivity index (χ1n) is 8.62. The molecule has 1 aliphatic heterocycles. The largest absolute Gasteiger partial charge is 0.312 e. The lowest BCUT2D eigenvalue weighted by Crippen LogP contribution is -2.49. The second-order valence-corrected chi connectivity index (χ2v) is 7.71. The first-order valence-corrected chi connectivity index (χ1v) is 8.62. The Balaban J connectivity index is 1.43. The zero-order valence-electron chi connectivity index (χ0n) is 13.1. The molecule has 3 aliphatic rings. The summed E-state index contributed by atoms with van der Waals surface area (Å²) in [5.74, 6) is 3.81. The van der Waals surface area contributed by atoms with Crippen molar-refractivity contribution in [1.29, 1.82) is 0 Å². The van der Waals surface area contributed by atoms with E-state index in [1.54, 1.807) is 0 Å². The molecule has 3 atom stereocenters. The summed E-state index contributed by atoms with van der Waals surface area (Å²) in [5.41, 5.74) is 0. The fraction of sp³-hybridized carbons (Fsp3) is 1.00. The van der Waals surface area contributed by atoms with Crippen molar-refractivity contribution >= 4 is 0 Å². The van der Waals surface area contributed by atoms with Crippen LogP contribution in [0.4, 0.5) is 0 Å². The van der Waals surface area contributed by atoms with Crippen LogP contribution in [0.2, 0.25) is 0 Å². The number of hydrogen-bond donors (Lipinski definition) is 1. The molecule has 3 unspecified atom stereocenters. The molecule has 0 radical (unpaired) electrons. The fourth-order valence-electron chi connectivity index (χ4n) is 4.13. The van der Waals surface area contributed by atoms with Gasteiger partial charge in [0.2, 0.25) is 0 Å². The molecule has 0 bridgehead atoms. The van der Waals surface area contributed by atoms with E-state index in [1.807, 2.05) is 0 Å². The monoisotopic (exact) mass is 264 g/mol. The third-order valence-corrected chi connectivity index (χ3v) is 5.76. The molecular formula is C17H32N2. The number of hydrogen-bond acceptors (Lipinski definition) is 2. The van der Waals surface area contributed by atoms with Crippen LogP contribution in [0.15, 0.2) is 0 Å². The van der Waals surface area contributed by atoms with Crippen LogP contribution in [0.1, 0.15) is 52.9 Å². The van der Waals surface area contributed by atoms with Crippen LogP contribution < -0.4 is 5.32 Å². The Morgan fingerprint density at radius 1 is 1.05 bits per heavy atom. The van der Waals surface area contributed by atoms with Gasteiger partial charge in [0, 0.05) is 31.7 Å². The van der Waals surface area contributed by atoms with E-state index >= 15 is 0 Å². The van der Waals surface area contributed by atoms with Crippen molar-refractivity contribution in [1.82, 2.24) is 10.2 Å². The summed E-state index contributed by atoms with van der Waals surface area (Å²) in [6.07, 6.45) is 7.37. The summed E-state index contributed by atoms with van der Waals surface area (Å²) in [5, 5.41) is 3.90. The average Bonchev–Trinajstić information content (AvgIpc) is 3.24. The highest BCUT2D eigenvalue weighted by atomic mass is 15.2. The number of rotatable bonds is 6. The van der Waals surface area contributed by atoms with Gasteiger partial charge in [-0.2, -0.15) is 0 Å². The molecule has 110 valence electrons. The van der Waals surface area contributed by atoms with Gasteiger partial charge in [-0.05, 0) is 62.7 Å². The van der Waals surface area contributed by atoms with Gasteiger partial charge in [0.25, 0.3) is 0 Å². The van der Waals surface area contributed by atoms with E-state index in [-0.39, 0.29) is 0 Å². The zero-order chi connectivity index (χ0) is 13.4. The Labute approximate surface area is 119 Å². The van der Waals surface area contributed by atoms with Gasteiger partial charge in [0.1, 0.15) is 0 Å². The molecule has 0 amide bonds. The normalized spacial score (nSPS) is 36.9. The van der Waals surface area contributed by atoms with Crippen LogP contribution >= 0.6 is 0 Å². The fourth-order valence-corrected chi connectivity index (χ4v) is 4.13. The van der Waals surface area contributed by atoms with Gasteiger partial charge in [0.15, 0.2) is 0 Å². The summed E-state index contributed by atoms with van der Waals surface area (Å²) in [6, 6.07) is 1.65. The molecule has 1 saturated heterocycles. The number of nitrogens with one attached hydrogen (secondary N) is 1. The lowest BCUT2D eigenvalue weighted by molar-refractivity contribution is 0.0795. The van der Waals surface area contributed by atoms with Crippen LogP contribution in [-0.4, -0.2) is 36.6 Å². The highest BCUT2D eigenvalue weighted by Gasteiger charge is 2.41. The van der Waals surface area contributed by atoms with E-state index < -0.39 is 0 Å². The van der Waals surface area contributed by atoms with Crippen molar-refractivity contribution in [3.8, 4) is 0 Å². The molecule has 1 N–H and O–H groups in total. The maximum Gasteiger partial charge on any atom is 0.0124 e. The molecule has 0 aromatic carbocycles. The molecule has 3 fully saturated rings. The number of piperidine rings is 1. The molecule has 0 aromatic heterocycles.